The smallest absolute Gasteiger partial charge is 0.387 e. The van der Waals surface area contributed by atoms with E-state index >= 15 is 0 Å². The molecule has 0 bridgehead atoms. The average Bonchev–Trinajstić information content (AvgIpc) is 2.66. The third kappa shape index (κ3) is 7.34. The minimum Gasteiger partial charge on any atom is -0.435 e. The van der Waals surface area contributed by atoms with E-state index in [1.54, 1.807) is 36.4 Å². The van der Waals surface area contributed by atoms with Crippen LogP contribution in [0.4, 0.5) is 8.78 Å². The Morgan fingerprint density at radius 1 is 1.10 bits per heavy atom. The van der Waals surface area contributed by atoms with Crippen molar-refractivity contribution in [3.8, 4) is 5.75 Å². The number of hydrogen-bond acceptors (Lipinski definition) is 4. The topological polar surface area (TPSA) is 71.0 Å². The zero-order valence-electron chi connectivity index (χ0n) is 16.6. The first-order valence-corrected chi connectivity index (χ1v) is 10.9. The number of ether oxygens (including phenoxy) is 1. The molecule has 0 aromatic heterocycles. The van der Waals surface area contributed by atoms with Gasteiger partial charge in [0.1, 0.15) is 5.75 Å². The first-order valence-electron chi connectivity index (χ1n) is 9.01. The van der Waals surface area contributed by atoms with E-state index in [2.05, 4.69) is 15.0 Å². The summed E-state index contributed by atoms with van der Waals surface area (Å²) in [4.78, 5) is 6.77. The van der Waals surface area contributed by atoms with Crippen LogP contribution in [0.2, 0.25) is 0 Å². The highest BCUT2D eigenvalue weighted by Crippen LogP contribution is 2.16. The summed E-state index contributed by atoms with van der Waals surface area (Å²) < 4.78 is 51.9. The summed E-state index contributed by atoms with van der Waals surface area (Å²) in [6.07, 6.45) is 1.17. The molecule has 0 atom stereocenters. The molecule has 0 aliphatic rings. The lowest BCUT2D eigenvalue weighted by atomic mass is 10.2. The van der Waals surface area contributed by atoms with E-state index in [4.69, 9.17) is 0 Å². The van der Waals surface area contributed by atoms with E-state index in [0.717, 1.165) is 11.1 Å². The highest BCUT2D eigenvalue weighted by molar-refractivity contribution is 7.90. The molecule has 0 aliphatic carbocycles. The van der Waals surface area contributed by atoms with Gasteiger partial charge in [-0.05, 0) is 42.3 Å². The maximum absolute atomic E-state index is 12.2. The highest BCUT2D eigenvalue weighted by atomic mass is 32.2. The average molecular weight is 426 g/mol. The number of nitrogens with zero attached hydrogens (tertiary/aromatic N) is 2. The molecule has 2 aromatic carbocycles. The molecule has 0 amide bonds. The fourth-order valence-corrected chi connectivity index (χ4v) is 3.23. The highest BCUT2D eigenvalue weighted by Gasteiger charge is 2.09. The van der Waals surface area contributed by atoms with Gasteiger partial charge in [0.25, 0.3) is 0 Å². The molecule has 0 saturated heterocycles. The Hall–Kier alpha value is -2.68. The van der Waals surface area contributed by atoms with Crippen LogP contribution >= 0.6 is 0 Å². The van der Waals surface area contributed by atoms with E-state index < -0.39 is 16.4 Å². The standard InChI is InChI=1S/C20H25F2N3O3S/c1-4-23-20(24-13-15-7-11-18(12-8-15)29(3,26)27)25(2)14-16-5-9-17(10-6-16)28-19(21)22/h5-12,19H,4,13-14H2,1-3H3,(H,23,24). The molecule has 2 rings (SSSR count). The maximum Gasteiger partial charge on any atom is 0.387 e. The molecule has 0 unspecified atom stereocenters. The Morgan fingerprint density at radius 3 is 2.21 bits per heavy atom. The largest absolute Gasteiger partial charge is 0.435 e. The zero-order valence-corrected chi connectivity index (χ0v) is 17.4. The van der Waals surface area contributed by atoms with Gasteiger partial charge in [0, 0.05) is 26.4 Å². The van der Waals surface area contributed by atoms with Crippen LogP contribution < -0.4 is 10.1 Å². The molecule has 1 N–H and O–H groups in total. The van der Waals surface area contributed by atoms with Crippen molar-refractivity contribution in [1.82, 2.24) is 10.2 Å². The molecule has 0 radical (unpaired) electrons. The van der Waals surface area contributed by atoms with Crippen LogP contribution in [-0.4, -0.2) is 45.7 Å². The molecular formula is C20H25F2N3O3S. The predicted molar refractivity (Wildman–Crippen MR) is 109 cm³/mol. The number of guanidine groups is 1. The van der Waals surface area contributed by atoms with Crippen LogP contribution in [0.25, 0.3) is 0 Å². The Labute approximate surface area is 170 Å². The SMILES string of the molecule is CCNC(=NCc1ccc(S(C)(=O)=O)cc1)N(C)Cc1ccc(OC(F)F)cc1. The molecule has 6 nitrogen and oxygen atoms in total. The summed E-state index contributed by atoms with van der Waals surface area (Å²) in [5, 5.41) is 3.20. The minimum absolute atomic E-state index is 0.115. The lowest BCUT2D eigenvalue weighted by Crippen LogP contribution is -2.38. The maximum atomic E-state index is 12.2. The number of halogens is 2. The van der Waals surface area contributed by atoms with Crippen molar-refractivity contribution in [3.63, 3.8) is 0 Å². The van der Waals surface area contributed by atoms with Crippen LogP contribution in [0.15, 0.2) is 58.4 Å². The van der Waals surface area contributed by atoms with Gasteiger partial charge in [-0.2, -0.15) is 8.78 Å². The number of hydrogen-bond donors (Lipinski definition) is 1. The number of sulfone groups is 1. The Morgan fingerprint density at radius 2 is 1.69 bits per heavy atom. The van der Waals surface area contributed by atoms with Gasteiger partial charge in [0.2, 0.25) is 0 Å². The first-order chi connectivity index (χ1) is 13.7. The van der Waals surface area contributed by atoms with Gasteiger partial charge >= 0.3 is 6.61 Å². The molecule has 9 heteroatoms. The van der Waals surface area contributed by atoms with Crippen molar-refractivity contribution < 1.29 is 21.9 Å². The van der Waals surface area contributed by atoms with Crippen molar-refractivity contribution in [1.29, 1.82) is 0 Å². The van der Waals surface area contributed by atoms with Gasteiger partial charge in [-0.1, -0.05) is 24.3 Å². The molecule has 0 saturated carbocycles. The van der Waals surface area contributed by atoms with Gasteiger partial charge < -0.3 is 15.0 Å². The van der Waals surface area contributed by atoms with E-state index in [0.29, 0.717) is 25.6 Å². The van der Waals surface area contributed by atoms with Gasteiger partial charge in [0.05, 0.1) is 11.4 Å². The monoisotopic (exact) mass is 425 g/mol. The quantitative estimate of drug-likeness (QED) is 0.519. The van der Waals surface area contributed by atoms with E-state index in [-0.39, 0.29) is 10.6 Å². The van der Waals surface area contributed by atoms with Crippen LogP contribution in [0.1, 0.15) is 18.1 Å². The van der Waals surface area contributed by atoms with Crippen molar-refractivity contribution >= 4 is 15.8 Å². The van der Waals surface area contributed by atoms with Gasteiger partial charge in [-0.15, -0.1) is 0 Å². The van der Waals surface area contributed by atoms with Crippen LogP contribution in [0, 0.1) is 0 Å². The second kappa shape index (κ2) is 10.2. The molecule has 2 aromatic rings. The van der Waals surface area contributed by atoms with Crippen molar-refractivity contribution in [2.75, 3.05) is 19.8 Å². The van der Waals surface area contributed by atoms with Crippen LogP contribution in [0.3, 0.4) is 0 Å². The number of aliphatic imine (C=N–C) groups is 1. The molecule has 29 heavy (non-hydrogen) atoms. The van der Waals surface area contributed by atoms with Gasteiger partial charge in [-0.3, -0.25) is 0 Å². The van der Waals surface area contributed by atoms with Crippen molar-refractivity contribution in [2.24, 2.45) is 4.99 Å². The molecule has 0 fully saturated rings. The Balaban J connectivity index is 2.05. The van der Waals surface area contributed by atoms with E-state index in [1.807, 2.05) is 18.9 Å². The molecule has 0 heterocycles. The second-order valence-corrected chi connectivity index (χ2v) is 8.48. The normalized spacial score (nSPS) is 12.1. The summed E-state index contributed by atoms with van der Waals surface area (Å²) in [6, 6.07) is 13.1. The summed E-state index contributed by atoms with van der Waals surface area (Å²) in [5.41, 5.74) is 1.80. The lowest BCUT2D eigenvalue weighted by Gasteiger charge is -2.22. The third-order valence-electron chi connectivity index (χ3n) is 4.03. The molecule has 158 valence electrons. The number of benzene rings is 2. The fraction of sp³-hybridized carbons (Fsp3) is 0.350. The summed E-state index contributed by atoms with van der Waals surface area (Å²) >= 11 is 0. The van der Waals surface area contributed by atoms with E-state index in [9.17, 15) is 17.2 Å². The fourth-order valence-electron chi connectivity index (χ4n) is 2.60. The third-order valence-corrected chi connectivity index (χ3v) is 5.16. The molecule has 0 spiro atoms. The van der Waals surface area contributed by atoms with Crippen molar-refractivity contribution in [3.05, 3.63) is 59.7 Å². The van der Waals surface area contributed by atoms with Gasteiger partial charge in [0.15, 0.2) is 15.8 Å². The number of nitrogens with one attached hydrogen (secondary N) is 1. The second-order valence-electron chi connectivity index (χ2n) is 6.46. The molecule has 0 aliphatic heterocycles. The van der Waals surface area contributed by atoms with Crippen LogP contribution in [-0.2, 0) is 22.9 Å². The van der Waals surface area contributed by atoms with Gasteiger partial charge in [-0.25, -0.2) is 13.4 Å². The zero-order chi connectivity index (χ0) is 21.4. The minimum atomic E-state index is -3.22. The number of rotatable bonds is 8. The van der Waals surface area contributed by atoms with E-state index in [1.165, 1.54) is 18.4 Å². The Bertz CT molecular complexity index is 915. The van der Waals surface area contributed by atoms with Crippen molar-refractivity contribution in [2.45, 2.75) is 31.5 Å². The first kappa shape index (κ1) is 22.6. The predicted octanol–water partition coefficient (Wildman–Crippen LogP) is 3.29. The Kier molecular flexibility index (Phi) is 7.95. The summed E-state index contributed by atoms with van der Waals surface area (Å²) in [6.45, 7) is 0.701. The van der Waals surface area contributed by atoms with Crippen LogP contribution in [0.5, 0.6) is 5.75 Å². The molecular weight excluding hydrogens is 400 g/mol. The summed E-state index contributed by atoms with van der Waals surface area (Å²) in [7, 11) is -1.35. The lowest BCUT2D eigenvalue weighted by molar-refractivity contribution is -0.0498. The number of alkyl halides is 2. The summed E-state index contributed by atoms with van der Waals surface area (Å²) in [5.74, 6) is 0.789.